The van der Waals surface area contributed by atoms with E-state index < -0.39 is 0 Å². The molecular formula is C15H28N2O. The zero-order valence-corrected chi connectivity index (χ0v) is 12.0. The SMILES string of the molecule is CCCN(C(=O)CC1CCC(C)C1)C1CCNC1. The first-order chi connectivity index (χ1) is 8.70. The summed E-state index contributed by atoms with van der Waals surface area (Å²) in [5.74, 6) is 1.89. The van der Waals surface area contributed by atoms with Crippen LogP contribution < -0.4 is 5.32 Å². The minimum absolute atomic E-state index is 0.407. The number of carbonyl (C=O) groups is 1. The molecule has 2 rings (SSSR count). The number of carbonyl (C=O) groups excluding carboxylic acids is 1. The molecule has 1 saturated heterocycles. The second kappa shape index (κ2) is 6.55. The molecular weight excluding hydrogens is 224 g/mol. The van der Waals surface area contributed by atoms with Gasteiger partial charge in [-0.2, -0.15) is 0 Å². The standard InChI is InChI=1S/C15H28N2O/c1-3-8-17(14-6-7-16-11-14)15(18)10-13-5-4-12(2)9-13/h12-14,16H,3-11H2,1-2H3. The van der Waals surface area contributed by atoms with Crippen molar-refractivity contribution in [3.63, 3.8) is 0 Å². The third kappa shape index (κ3) is 3.47. The summed E-state index contributed by atoms with van der Waals surface area (Å²) in [4.78, 5) is 14.6. The van der Waals surface area contributed by atoms with Crippen molar-refractivity contribution in [1.29, 1.82) is 0 Å². The number of nitrogens with zero attached hydrogens (tertiary/aromatic N) is 1. The first-order valence-corrected chi connectivity index (χ1v) is 7.71. The molecule has 1 N–H and O–H groups in total. The number of hydrogen-bond donors (Lipinski definition) is 1. The highest BCUT2D eigenvalue weighted by molar-refractivity contribution is 5.77. The van der Waals surface area contributed by atoms with Gasteiger partial charge in [0.2, 0.25) is 5.91 Å². The molecule has 104 valence electrons. The average molecular weight is 252 g/mol. The maximum atomic E-state index is 12.5. The van der Waals surface area contributed by atoms with Crippen molar-refractivity contribution < 1.29 is 4.79 Å². The summed E-state index contributed by atoms with van der Waals surface area (Å²) < 4.78 is 0. The van der Waals surface area contributed by atoms with E-state index in [4.69, 9.17) is 0 Å². The van der Waals surface area contributed by atoms with Gasteiger partial charge >= 0.3 is 0 Å². The Morgan fingerprint density at radius 2 is 2.17 bits per heavy atom. The van der Waals surface area contributed by atoms with E-state index in [0.29, 0.717) is 17.9 Å². The number of rotatable bonds is 5. The molecule has 1 aliphatic carbocycles. The Hall–Kier alpha value is -0.570. The van der Waals surface area contributed by atoms with E-state index >= 15 is 0 Å². The predicted molar refractivity (Wildman–Crippen MR) is 74.4 cm³/mol. The first kappa shape index (κ1) is 13.9. The summed E-state index contributed by atoms with van der Waals surface area (Å²) in [6.07, 6.45) is 6.83. The summed E-state index contributed by atoms with van der Waals surface area (Å²) in [7, 11) is 0. The minimum Gasteiger partial charge on any atom is -0.338 e. The first-order valence-electron chi connectivity index (χ1n) is 7.71. The van der Waals surface area contributed by atoms with Crippen molar-refractivity contribution in [3.05, 3.63) is 0 Å². The van der Waals surface area contributed by atoms with Crippen LogP contribution in [-0.2, 0) is 4.79 Å². The molecule has 2 fully saturated rings. The van der Waals surface area contributed by atoms with Crippen molar-refractivity contribution in [2.24, 2.45) is 11.8 Å². The fraction of sp³-hybridized carbons (Fsp3) is 0.933. The van der Waals surface area contributed by atoms with Crippen LogP contribution in [0, 0.1) is 11.8 Å². The van der Waals surface area contributed by atoms with E-state index in [2.05, 4.69) is 24.1 Å². The number of amides is 1. The second-order valence-electron chi connectivity index (χ2n) is 6.22. The zero-order valence-electron chi connectivity index (χ0n) is 12.0. The monoisotopic (exact) mass is 252 g/mol. The highest BCUT2D eigenvalue weighted by Gasteiger charge is 2.29. The maximum absolute atomic E-state index is 12.5. The second-order valence-corrected chi connectivity index (χ2v) is 6.22. The van der Waals surface area contributed by atoms with Crippen LogP contribution in [0.5, 0.6) is 0 Å². The average Bonchev–Trinajstić information content (AvgIpc) is 2.97. The normalized spacial score (nSPS) is 31.8. The van der Waals surface area contributed by atoms with Gasteiger partial charge in [-0.3, -0.25) is 4.79 Å². The highest BCUT2D eigenvalue weighted by atomic mass is 16.2. The van der Waals surface area contributed by atoms with Crippen LogP contribution in [0.25, 0.3) is 0 Å². The van der Waals surface area contributed by atoms with E-state index in [1.54, 1.807) is 0 Å². The van der Waals surface area contributed by atoms with Crippen molar-refractivity contribution in [1.82, 2.24) is 10.2 Å². The Morgan fingerprint density at radius 3 is 2.72 bits per heavy atom. The lowest BCUT2D eigenvalue weighted by molar-refractivity contribution is -0.134. The molecule has 18 heavy (non-hydrogen) atoms. The third-order valence-electron chi connectivity index (χ3n) is 4.53. The van der Waals surface area contributed by atoms with Crippen LogP contribution in [0.4, 0.5) is 0 Å². The molecule has 0 aromatic carbocycles. The Balaban J connectivity index is 1.86. The van der Waals surface area contributed by atoms with Gasteiger partial charge in [0.15, 0.2) is 0 Å². The van der Waals surface area contributed by atoms with Crippen molar-refractivity contribution >= 4 is 5.91 Å². The molecule has 0 aromatic rings. The van der Waals surface area contributed by atoms with E-state index in [1.807, 2.05) is 0 Å². The molecule has 1 aliphatic heterocycles. The minimum atomic E-state index is 0.407. The quantitative estimate of drug-likeness (QED) is 0.815. The molecule has 0 radical (unpaired) electrons. The number of hydrogen-bond acceptors (Lipinski definition) is 2. The molecule has 1 heterocycles. The fourth-order valence-electron chi connectivity index (χ4n) is 3.53. The van der Waals surface area contributed by atoms with Crippen LogP contribution in [0.2, 0.25) is 0 Å². The fourth-order valence-corrected chi connectivity index (χ4v) is 3.53. The Kier molecular flexibility index (Phi) is 5.04. The number of nitrogens with one attached hydrogen (secondary N) is 1. The van der Waals surface area contributed by atoms with Gasteiger partial charge in [-0.1, -0.05) is 20.3 Å². The predicted octanol–water partition coefficient (Wildman–Crippen LogP) is 2.41. The topological polar surface area (TPSA) is 32.3 Å². The summed E-state index contributed by atoms with van der Waals surface area (Å²) >= 11 is 0. The molecule has 1 amide bonds. The van der Waals surface area contributed by atoms with Gasteiger partial charge in [0, 0.05) is 25.6 Å². The van der Waals surface area contributed by atoms with Gasteiger partial charge in [0.1, 0.15) is 0 Å². The van der Waals surface area contributed by atoms with Crippen LogP contribution >= 0.6 is 0 Å². The van der Waals surface area contributed by atoms with Gasteiger partial charge < -0.3 is 10.2 Å². The summed E-state index contributed by atoms with van der Waals surface area (Å²) in [6, 6.07) is 0.455. The highest BCUT2D eigenvalue weighted by Crippen LogP contribution is 2.33. The van der Waals surface area contributed by atoms with Crippen LogP contribution in [0.3, 0.4) is 0 Å². The molecule has 2 aliphatic rings. The van der Waals surface area contributed by atoms with Gasteiger partial charge in [-0.05, 0) is 44.1 Å². The van der Waals surface area contributed by atoms with Crippen LogP contribution in [-0.4, -0.2) is 36.5 Å². The molecule has 3 atom stereocenters. The molecule has 3 nitrogen and oxygen atoms in total. The zero-order chi connectivity index (χ0) is 13.0. The lowest BCUT2D eigenvalue weighted by Crippen LogP contribution is -2.42. The lowest BCUT2D eigenvalue weighted by Gasteiger charge is -2.29. The molecule has 0 aromatic heterocycles. The lowest BCUT2D eigenvalue weighted by atomic mass is 10.0. The smallest absolute Gasteiger partial charge is 0.223 e. The summed E-state index contributed by atoms with van der Waals surface area (Å²) in [6.45, 7) is 7.48. The summed E-state index contributed by atoms with van der Waals surface area (Å²) in [5, 5.41) is 3.37. The van der Waals surface area contributed by atoms with Gasteiger partial charge in [-0.25, -0.2) is 0 Å². The van der Waals surface area contributed by atoms with Crippen LogP contribution in [0.15, 0.2) is 0 Å². The van der Waals surface area contributed by atoms with E-state index in [0.717, 1.165) is 44.8 Å². The van der Waals surface area contributed by atoms with Gasteiger partial charge in [-0.15, -0.1) is 0 Å². The van der Waals surface area contributed by atoms with Crippen molar-refractivity contribution in [3.8, 4) is 0 Å². The molecule has 1 saturated carbocycles. The molecule has 3 heteroatoms. The largest absolute Gasteiger partial charge is 0.338 e. The van der Waals surface area contributed by atoms with E-state index in [-0.39, 0.29) is 0 Å². The molecule has 3 unspecified atom stereocenters. The van der Waals surface area contributed by atoms with E-state index in [1.165, 1.54) is 19.3 Å². The molecule has 0 spiro atoms. The Morgan fingerprint density at radius 1 is 1.33 bits per heavy atom. The maximum Gasteiger partial charge on any atom is 0.223 e. The summed E-state index contributed by atoms with van der Waals surface area (Å²) in [5.41, 5.74) is 0. The Labute approximate surface area is 111 Å². The van der Waals surface area contributed by atoms with Crippen LogP contribution in [0.1, 0.15) is 52.4 Å². The van der Waals surface area contributed by atoms with Crippen molar-refractivity contribution in [2.75, 3.05) is 19.6 Å². The van der Waals surface area contributed by atoms with E-state index in [9.17, 15) is 4.79 Å². The third-order valence-corrected chi connectivity index (χ3v) is 4.53. The van der Waals surface area contributed by atoms with Gasteiger partial charge in [0.25, 0.3) is 0 Å². The molecule has 0 bridgehead atoms. The van der Waals surface area contributed by atoms with Gasteiger partial charge in [0.05, 0.1) is 0 Å². The Bertz CT molecular complexity index is 274. The van der Waals surface area contributed by atoms with Crippen molar-refractivity contribution in [2.45, 2.75) is 58.4 Å².